The summed E-state index contributed by atoms with van der Waals surface area (Å²) in [5, 5.41) is 19.2. The van der Waals surface area contributed by atoms with Crippen LogP contribution in [0.3, 0.4) is 0 Å². The molecular formula is C11H15F3N2O2. The van der Waals surface area contributed by atoms with Crippen molar-refractivity contribution < 1.29 is 23.4 Å². The summed E-state index contributed by atoms with van der Waals surface area (Å²) in [7, 11) is 0. The number of alkyl halides is 3. The van der Waals surface area contributed by atoms with Crippen LogP contribution in [0.1, 0.15) is 23.7 Å². The first-order valence-corrected chi connectivity index (χ1v) is 5.30. The number of aliphatic hydroxyl groups excluding tert-OH is 2. The van der Waals surface area contributed by atoms with E-state index >= 15 is 0 Å². The summed E-state index contributed by atoms with van der Waals surface area (Å²) >= 11 is 0. The van der Waals surface area contributed by atoms with E-state index in [4.69, 9.17) is 11.5 Å². The highest BCUT2D eigenvalue weighted by atomic mass is 19.4. The molecule has 2 atom stereocenters. The van der Waals surface area contributed by atoms with Gasteiger partial charge in [0.05, 0.1) is 11.7 Å². The highest BCUT2D eigenvalue weighted by Crippen LogP contribution is 2.33. The number of halogens is 3. The summed E-state index contributed by atoms with van der Waals surface area (Å²) in [4.78, 5) is 0. The Labute approximate surface area is 102 Å². The van der Waals surface area contributed by atoms with Crippen molar-refractivity contribution in [3.63, 3.8) is 0 Å². The second kappa shape index (κ2) is 5.55. The summed E-state index contributed by atoms with van der Waals surface area (Å²) < 4.78 is 37.2. The van der Waals surface area contributed by atoms with Crippen molar-refractivity contribution in [1.29, 1.82) is 0 Å². The first-order chi connectivity index (χ1) is 8.27. The summed E-state index contributed by atoms with van der Waals surface area (Å²) in [6.45, 7) is 0.152. The zero-order chi connectivity index (χ0) is 13.9. The average molecular weight is 264 g/mol. The third kappa shape index (κ3) is 3.34. The number of nitrogen functional groups attached to an aromatic ring is 1. The van der Waals surface area contributed by atoms with Crippen LogP contribution in [-0.4, -0.2) is 22.9 Å². The van der Waals surface area contributed by atoms with Crippen molar-refractivity contribution in [3.05, 3.63) is 29.3 Å². The molecular weight excluding hydrogens is 249 g/mol. The number of hydrogen-bond acceptors (Lipinski definition) is 4. The number of hydrogen-bond donors (Lipinski definition) is 4. The fourth-order valence-electron chi connectivity index (χ4n) is 1.56. The molecule has 0 heterocycles. The predicted molar refractivity (Wildman–Crippen MR) is 60.5 cm³/mol. The monoisotopic (exact) mass is 264 g/mol. The van der Waals surface area contributed by atoms with Crippen molar-refractivity contribution in [2.75, 3.05) is 12.3 Å². The summed E-state index contributed by atoms with van der Waals surface area (Å²) in [5.74, 6) is 0. The topological polar surface area (TPSA) is 92.5 Å². The molecule has 6 N–H and O–H groups in total. The molecule has 1 aromatic rings. The molecule has 4 nitrogen and oxygen atoms in total. The zero-order valence-electron chi connectivity index (χ0n) is 9.48. The van der Waals surface area contributed by atoms with E-state index in [-0.39, 0.29) is 24.2 Å². The van der Waals surface area contributed by atoms with Gasteiger partial charge in [-0.3, -0.25) is 0 Å². The van der Waals surface area contributed by atoms with Crippen LogP contribution in [0.5, 0.6) is 0 Å². The molecule has 0 spiro atoms. The molecule has 0 fully saturated rings. The van der Waals surface area contributed by atoms with E-state index in [1.54, 1.807) is 0 Å². The van der Waals surface area contributed by atoms with Crippen LogP contribution in [-0.2, 0) is 6.18 Å². The van der Waals surface area contributed by atoms with Gasteiger partial charge in [-0.05, 0) is 25.1 Å². The number of aliphatic hydroxyl groups is 2. The summed E-state index contributed by atoms with van der Waals surface area (Å²) in [5.41, 5.74) is 9.61. The molecule has 0 amide bonds. The van der Waals surface area contributed by atoms with Crippen molar-refractivity contribution >= 4 is 5.69 Å². The minimum atomic E-state index is -4.49. The normalized spacial score (nSPS) is 15.4. The first-order valence-electron chi connectivity index (χ1n) is 5.30. The molecule has 18 heavy (non-hydrogen) atoms. The van der Waals surface area contributed by atoms with E-state index in [2.05, 4.69) is 0 Å². The maximum Gasteiger partial charge on any atom is 0.416 e. The molecule has 1 aromatic carbocycles. The highest BCUT2D eigenvalue weighted by Gasteiger charge is 2.31. The van der Waals surface area contributed by atoms with Gasteiger partial charge in [0.2, 0.25) is 0 Å². The van der Waals surface area contributed by atoms with E-state index in [1.165, 1.54) is 0 Å². The molecule has 0 aliphatic carbocycles. The van der Waals surface area contributed by atoms with Gasteiger partial charge >= 0.3 is 6.18 Å². The van der Waals surface area contributed by atoms with Crippen molar-refractivity contribution in [2.24, 2.45) is 5.73 Å². The quantitative estimate of drug-likeness (QED) is 0.611. The molecule has 1 rings (SSSR count). The molecule has 7 heteroatoms. The standard InChI is InChI=1S/C11H15F3N2O2/c12-11(13,14)6-1-2-7(8(16)5-6)10(18)9(17)3-4-15/h1-2,5,9-10,17-18H,3-4,15-16H2. The smallest absolute Gasteiger partial charge is 0.398 e. The largest absolute Gasteiger partial charge is 0.416 e. The highest BCUT2D eigenvalue weighted by molar-refractivity contribution is 5.51. The Bertz CT molecular complexity index is 410. The van der Waals surface area contributed by atoms with Gasteiger partial charge in [0.15, 0.2) is 0 Å². The molecule has 0 radical (unpaired) electrons. The van der Waals surface area contributed by atoms with Crippen LogP contribution in [0, 0.1) is 0 Å². The van der Waals surface area contributed by atoms with Crippen LogP contribution in [0.4, 0.5) is 18.9 Å². The second-order valence-corrected chi connectivity index (χ2v) is 3.93. The van der Waals surface area contributed by atoms with Crippen molar-refractivity contribution in [1.82, 2.24) is 0 Å². The summed E-state index contributed by atoms with van der Waals surface area (Å²) in [6, 6.07) is 2.60. The molecule has 0 bridgehead atoms. The van der Waals surface area contributed by atoms with Crippen LogP contribution >= 0.6 is 0 Å². The predicted octanol–water partition coefficient (Wildman–Crippen LogP) is 1.03. The summed E-state index contributed by atoms with van der Waals surface area (Å²) in [6.07, 6.45) is -6.88. The van der Waals surface area contributed by atoms with Gasteiger partial charge in [0, 0.05) is 11.3 Å². The molecule has 2 unspecified atom stereocenters. The Morgan fingerprint density at radius 1 is 1.22 bits per heavy atom. The van der Waals surface area contributed by atoms with E-state index < -0.39 is 23.9 Å². The van der Waals surface area contributed by atoms with Crippen LogP contribution in [0.2, 0.25) is 0 Å². The van der Waals surface area contributed by atoms with Gasteiger partial charge in [-0.15, -0.1) is 0 Å². The lowest BCUT2D eigenvalue weighted by Gasteiger charge is -2.20. The number of rotatable bonds is 4. The fourth-order valence-corrected chi connectivity index (χ4v) is 1.56. The second-order valence-electron chi connectivity index (χ2n) is 3.93. The maximum absolute atomic E-state index is 12.4. The van der Waals surface area contributed by atoms with Gasteiger partial charge in [0.25, 0.3) is 0 Å². The lowest BCUT2D eigenvalue weighted by molar-refractivity contribution is -0.137. The molecule has 0 aliphatic heterocycles. The third-order valence-electron chi connectivity index (χ3n) is 2.56. The lowest BCUT2D eigenvalue weighted by Crippen LogP contribution is -2.22. The fraction of sp³-hybridized carbons (Fsp3) is 0.455. The first kappa shape index (κ1) is 14.7. The van der Waals surface area contributed by atoms with Gasteiger partial charge < -0.3 is 21.7 Å². The zero-order valence-corrected chi connectivity index (χ0v) is 9.48. The number of benzene rings is 1. The minimum absolute atomic E-state index is 0.0592. The van der Waals surface area contributed by atoms with Gasteiger partial charge in [0.1, 0.15) is 6.10 Å². The Hall–Kier alpha value is -1.31. The maximum atomic E-state index is 12.4. The van der Waals surface area contributed by atoms with E-state index in [9.17, 15) is 23.4 Å². The number of nitrogens with two attached hydrogens (primary N) is 2. The molecule has 0 saturated carbocycles. The van der Waals surface area contributed by atoms with E-state index in [1.807, 2.05) is 0 Å². The van der Waals surface area contributed by atoms with Crippen molar-refractivity contribution in [3.8, 4) is 0 Å². The SMILES string of the molecule is NCCC(O)C(O)c1ccc(C(F)(F)F)cc1N. The van der Waals surface area contributed by atoms with Gasteiger partial charge in [-0.1, -0.05) is 6.07 Å². The van der Waals surface area contributed by atoms with E-state index in [0.717, 1.165) is 18.2 Å². The molecule has 102 valence electrons. The Kier molecular flexibility index (Phi) is 4.55. The van der Waals surface area contributed by atoms with Gasteiger partial charge in [-0.2, -0.15) is 13.2 Å². The van der Waals surface area contributed by atoms with Crippen molar-refractivity contribution in [2.45, 2.75) is 24.8 Å². The number of anilines is 1. The molecule has 0 aliphatic rings. The van der Waals surface area contributed by atoms with Crippen LogP contribution in [0.15, 0.2) is 18.2 Å². The molecule has 0 aromatic heterocycles. The molecule has 0 saturated heterocycles. The third-order valence-corrected chi connectivity index (χ3v) is 2.56. The average Bonchev–Trinajstić information content (AvgIpc) is 2.27. The minimum Gasteiger partial charge on any atom is -0.398 e. The Morgan fingerprint density at radius 3 is 2.28 bits per heavy atom. The van der Waals surface area contributed by atoms with Crippen LogP contribution in [0.25, 0.3) is 0 Å². The van der Waals surface area contributed by atoms with Gasteiger partial charge in [-0.25, -0.2) is 0 Å². The Balaban J connectivity index is 2.99. The lowest BCUT2D eigenvalue weighted by atomic mass is 9.99. The van der Waals surface area contributed by atoms with E-state index in [0.29, 0.717) is 0 Å². The van der Waals surface area contributed by atoms with Crippen LogP contribution < -0.4 is 11.5 Å². The Morgan fingerprint density at radius 2 is 1.83 bits per heavy atom.